The van der Waals surface area contributed by atoms with Gasteiger partial charge in [0.1, 0.15) is 0 Å². The van der Waals surface area contributed by atoms with E-state index in [-0.39, 0.29) is 0 Å². The van der Waals surface area contributed by atoms with E-state index < -0.39 is 0 Å². The molecule has 0 heterocycles. The Balaban J connectivity index is 0.00000105. The van der Waals surface area contributed by atoms with Gasteiger partial charge in [0, 0.05) is 0 Å². The summed E-state index contributed by atoms with van der Waals surface area (Å²) in [5, 5.41) is 0. The maximum atomic E-state index is 2.50. The molecule has 0 N–H and O–H groups in total. The average Bonchev–Trinajstić information content (AvgIpc) is 2.68. The fraction of sp³-hybridized carbons (Fsp3) is 0.615. The lowest BCUT2D eigenvalue weighted by Gasteiger charge is -2.19. The van der Waals surface area contributed by atoms with Crippen molar-refractivity contribution in [3.8, 4) is 0 Å². The van der Waals surface area contributed by atoms with Gasteiger partial charge in [-0.2, -0.15) is 0 Å². The molecule has 0 amide bonds. The smallest absolute Gasteiger partial charge is 0.0167 e. The molecule has 1 aromatic carbocycles. The highest BCUT2D eigenvalue weighted by atomic mass is 14.2. The van der Waals surface area contributed by atoms with Crippen molar-refractivity contribution in [3.05, 3.63) is 58.2 Å². The van der Waals surface area contributed by atoms with Crippen LogP contribution in [0, 0.1) is 0 Å². The topological polar surface area (TPSA) is 0 Å². The Morgan fingerprint density at radius 3 is 1.88 bits per heavy atom. The summed E-state index contributed by atoms with van der Waals surface area (Å²) in [6.45, 7) is 13.4. The summed E-state index contributed by atoms with van der Waals surface area (Å²) in [6.07, 6.45) is 13.6. The molecule has 26 heavy (non-hydrogen) atoms. The van der Waals surface area contributed by atoms with Gasteiger partial charge in [0.05, 0.1) is 0 Å². The van der Waals surface area contributed by atoms with Crippen molar-refractivity contribution in [2.45, 2.75) is 105 Å². The van der Waals surface area contributed by atoms with E-state index in [1.165, 1.54) is 68.9 Å². The van der Waals surface area contributed by atoms with Crippen molar-refractivity contribution in [2.24, 2.45) is 0 Å². The summed E-state index contributed by atoms with van der Waals surface area (Å²) in [5.41, 5.74) is 7.95. The first-order valence-corrected chi connectivity index (χ1v) is 11.1. The minimum Gasteiger partial charge on any atom is -0.0693 e. The molecule has 0 heteroatoms. The number of hydrogen-bond acceptors (Lipinski definition) is 0. The number of hydrogen-bond donors (Lipinski definition) is 0. The highest BCUT2D eigenvalue weighted by Gasteiger charge is 2.11. The van der Waals surface area contributed by atoms with Gasteiger partial charge in [-0.25, -0.2) is 0 Å². The third kappa shape index (κ3) is 7.14. The Morgan fingerprint density at radius 2 is 1.38 bits per heavy atom. The first-order chi connectivity index (χ1) is 12.6. The van der Waals surface area contributed by atoms with Crippen LogP contribution in [0.2, 0.25) is 0 Å². The van der Waals surface area contributed by atoms with Crippen molar-refractivity contribution < 1.29 is 0 Å². The zero-order chi connectivity index (χ0) is 19.4. The maximum Gasteiger partial charge on any atom is -0.0167 e. The zero-order valence-electron chi connectivity index (χ0n) is 18.3. The zero-order valence-corrected chi connectivity index (χ0v) is 18.3. The fourth-order valence-corrected chi connectivity index (χ4v) is 3.87. The Hall–Kier alpha value is -1.30. The van der Waals surface area contributed by atoms with Gasteiger partial charge in [-0.3, -0.25) is 0 Å². The van der Waals surface area contributed by atoms with Gasteiger partial charge in [0.15, 0.2) is 0 Å². The van der Waals surface area contributed by atoms with E-state index in [4.69, 9.17) is 0 Å². The van der Waals surface area contributed by atoms with Crippen molar-refractivity contribution in [3.63, 3.8) is 0 Å². The predicted octanol–water partition coefficient (Wildman–Crippen LogP) is 8.78. The van der Waals surface area contributed by atoms with Crippen LogP contribution in [0.4, 0.5) is 0 Å². The average molecular weight is 355 g/mol. The van der Waals surface area contributed by atoms with E-state index >= 15 is 0 Å². The minimum absolute atomic E-state index is 0.731. The molecule has 1 aromatic rings. The van der Waals surface area contributed by atoms with E-state index in [9.17, 15) is 0 Å². The maximum absolute atomic E-state index is 2.50. The lowest BCUT2D eigenvalue weighted by atomic mass is 9.87. The summed E-state index contributed by atoms with van der Waals surface area (Å²) in [4.78, 5) is 0. The molecule has 0 aromatic heterocycles. The summed E-state index contributed by atoms with van der Waals surface area (Å²) in [5.74, 6) is 0.731. The predicted molar refractivity (Wildman–Crippen MR) is 119 cm³/mol. The van der Waals surface area contributed by atoms with E-state index in [0.717, 1.165) is 5.92 Å². The normalized spacial score (nSPS) is 14.2. The quantitative estimate of drug-likeness (QED) is 0.437. The SMILES string of the molecule is CCC.CCC1=C(CC)CCC(CCc2ccc(C(CC)CC)cc2)=C1. The molecule has 0 saturated carbocycles. The second kappa shape index (κ2) is 13.0. The standard InChI is InChI=1S/C23H34.C3H8/c1-5-20(6-2)23-15-11-18(12-16-23)9-10-19-13-14-21(7-3)22(8-4)17-19;1-3-2/h11-12,15-17,20H,5-10,13-14H2,1-4H3;3H2,1-2H3. The molecule has 2 rings (SSSR count). The molecule has 0 spiro atoms. The molecule has 0 saturated heterocycles. The van der Waals surface area contributed by atoms with Crippen LogP contribution in [-0.4, -0.2) is 0 Å². The van der Waals surface area contributed by atoms with Crippen LogP contribution in [0.3, 0.4) is 0 Å². The monoisotopic (exact) mass is 354 g/mol. The van der Waals surface area contributed by atoms with Crippen molar-refractivity contribution >= 4 is 0 Å². The summed E-state index contributed by atoms with van der Waals surface area (Å²) in [7, 11) is 0. The molecule has 0 nitrogen and oxygen atoms in total. The van der Waals surface area contributed by atoms with Crippen molar-refractivity contribution in [2.75, 3.05) is 0 Å². The van der Waals surface area contributed by atoms with E-state index in [0.29, 0.717) is 0 Å². The van der Waals surface area contributed by atoms with Gasteiger partial charge in [0.25, 0.3) is 0 Å². The van der Waals surface area contributed by atoms with Gasteiger partial charge in [-0.1, -0.05) is 89.5 Å². The number of benzene rings is 1. The van der Waals surface area contributed by atoms with Crippen LogP contribution in [0.25, 0.3) is 0 Å². The van der Waals surface area contributed by atoms with Crippen LogP contribution >= 0.6 is 0 Å². The molecule has 0 bridgehead atoms. The molecule has 0 aliphatic heterocycles. The number of allylic oxidation sites excluding steroid dienone is 4. The summed E-state index contributed by atoms with van der Waals surface area (Å²) < 4.78 is 0. The largest absolute Gasteiger partial charge is 0.0693 e. The first kappa shape index (κ1) is 22.7. The van der Waals surface area contributed by atoms with Gasteiger partial charge in [-0.05, 0) is 74.0 Å². The van der Waals surface area contributed by atoms with E-state index in [1.807, 2.05) is 0 Å². The summed E-state index contributed by atoms with van der Waals surface area (Å²) in [6, 6.07) is 9.42. The molecular weight excluding hydrogens is 312 g/mol. The highest BCUT2D eigenvalue weighted by Crippen LogP contribution is 2.30. The first-order valence-electron chi connectivity index (χ1n) is 11.1. The molecule has 0 unspecified atom stereocenters. The lowest BCUT2D eigenvalue weighted by molar-refractivity contribution is 0.641. The van der Waals surface area contributed by atoms with Gasteiger partial charge in [0.2, 0.25) is 0 Å². The highest BCUT2D eigenvalue weighted by molar-refractivity contribution is 5.34. The van der Waals surface area contributed by atoms with Gasteiger partial charge in [-0.15, -0.1) is 0 Å². The van der Waals surface area contributed by atoms with Crippen LogP contribution in [-0.2, 0) is 6.42 Å². The molecule has 0 radical (unpaired) electrons. The second-order valence-corrected chi connectivity index (χ2v) is 7.60. The van der Waals surface area contributed by atoms with Crippen LogP contribution < -0.4 is 0 Å². The second-order valence-electron chi connectivity index (χ2n) is 7.60. The molecule has 1 aliphatic rings. The Kier molecular flexibility index (Phi) is 11.3. The Morgan fingerprint density at radius 1 is 0.769 bits per heavy atom. The fourth-order valence-electron chi connectivity index (χ4n) is 3.87. The van der Waals surface area contributed by atoms with Crippen molar-refractivity contribution in [1.82, 2.24) is 0 Å². The molecular formula is C26H42. The Bertz CT molecular complexity index is 552. The lowest BCUT2D eigenvalue weighted by Crippen LogP contribution is -2.00. The number of rotatable bonds is 8. The molecule has 1 aliphatic carbocycles. The summed E-state index contributed by atoms with van der Waals surface area (Å²) >= 11 is 0. The minimum atomic E-state index is 0.731. The molecule has 146 valence electrons. The Labute approximate surface area is 163 Å². The van der Waals surface area contributed by atoms with Crippen molar-refractivity contribution in [1.29, 1.82) is 0 Å². The van der Waals surface area contributed by atoms with Gasteiger partial charge >= 0.3 is 0 Å². The molecule has 0 fully saturated rings. The molecule has 0 atom stereocenters. The van der Waals surface area contributed by atoms with Crippen LogP contribution in [0.5, 0.6) is 0 Å². The third-order valence-corrected chi connectivity index (χ3v) is 5.56. The van der Waals surface area contributed by atoms with Gasteiger partial charge < -0.3 is 0 Å². The van der Waals surface area contributed by atoms with E-state index in [2.05, 4.69) is 71.9 Å². The number of aryl methyl sites for hydroxylation is 1. The van der Waals surface area contributed by atoms with Crippen LogP contribution in [0.1, 0.15) is 110 Å². The third-order valence-electron chi connectivity index (χ3n) is 5.56. The van der Waals surface area contributed by atoms with Crippen LogP contribution in [0.15, 0.2) is 47.1 Å². The van der Waals surface area contributed by atoms with E-state index in [1.54, 1.807) is 16.7 Å².